The number of hydrogen-bond acceptors (Lipinski definition) is 4. The van der Waals surface area contributed by atoms with Crippen molar-refractivity contribution in [1.82, 2.24) is 10.3 Å². The molecule has 1 aliphatic heterocycles. The quantitative estimate of drug-likeness (QED) is 0.804. The molecule has 0 radical (unpaired) electrons. The van der Waals surface area contributed by atoms with E-state index in [-0.39, 0.29) is 0 Å². The molecule has 66 valence electrons. The summed E-state index contributed by atoms with van der Waals surface area (Å²) >= 11 is 3.70. The molecular weight excluding hydrogens is 188 g/mol. The third-order valence-electron chi connectivity index (χ3n) is 1.99. The van der Waals surface area contributed by atoms with Gasteiger partial charge in [-0.1, -0.05) is 0 Å². The second-order valence-corrected chi connectivity index (χ2v) is 4.79. The average Bonchev–Trinajstić information content (AvgIpc) is 2.74. The predicted octanol–water partition coefficient (Wildman–Crippen LogP) is 1.74. The molecule has 1 fully saturated rings. The van der Waals surface area contributed by atoms with Gasteiger partial charge in [-0.3, -0.25) is 0 Å². The number of aromatic nitrogens is 1. The monoisotopic (exact) mass is 200 g/mol. The molecule has 2 nitrogen and oxygen atoms in total. The van der Waals surface area contributed by atoms with E-state index in [2.05, 4.69) is 15.7 Å². The van der Waals surface area contributed by atoms with Gasteiger partial charge in [-0.15, -0.1) is 11.3 Å². The molecule has 1 unspecified atom stereocenters. The second kappa shape index (κ2) is 4.25. The molecule has 0 amide bonds. The molecule has 1 aliphatic rings. The second-order valence-electron chi connectivity index (χ2n) is 2.92. The van der Waals surface area contributed by atoms with Crippen molar-refractivity contribution in [2.24, 2.45) is 0 Å². The molecule has 0 saturated carbocycles. The topological polar surface area (TPSA) is 24.9 Å². The molecule has 0 bridgehead atoms. The van der Waals surface area contributed by atoms with Crippen molar-refractivity contribution >= 4 is 23.1 Å². The number of rotatable bonds is 3. The summed E-state index contributed by atoms with van der Waals surface area (Å²) in [5, 5.41) is 5.61. The Morgan fingerprint density at radius 3 is 3.33 bits per heavy atom. The fourth-order valence-electron chi connectivity index (χ4n) is 1.27. The summed E-state index contributed by atoms with van der Waals surface area (Å²) in [5.74, 6) is 2.58. The van der Waals surface area contributed by atoms with Gasteiger partial charge in [-0.05, 0) is 12.2 Å². The van der Waals surface area contributed by atoms with Crippen LogP contribution in [-0.4, -0.2) is 22.5 Å². The summed E-state index contributed by atoms with van der Waals surface area (Å²) in [6.45, 7) is 0.939. The summed E-state index contributed by atoms with van der Waals surface area (Å²) in [5.41, 5.74) is 3.07. The minimum absolute atomic E-state index is 0.719. The van der Waals surface area contributed by atoms with Gasteiger partial charge in [-0.2, -0.15) is 11.8 Å². The van der Waals surface area contributed by atoms with Gasteiger partial charge < -0.3 is 5.32 Å². The molecule has 2 heterocycles. The SMILES string of the molecule is c1nc(CNC2CCSC2)cs1. The van der Waals surface area contributed by atoms with Gasteiger partial charge in [0.25, 0.3) is 0 Å². The highest BCUT2D eigenvalue weighted by atomic mass is 32.2. The number of thiazole rings is 1. The predicted molar refractivity (Wildman–Crippen MR) is 54.7 cm³/mol. The Morgan fingerprint density at radius 2 is 2.67 bits per heavy atom. The lowest BCUT2D eigenvalue weighted by Gasteiger charge is -2.08. The molecule has 2 rings (SSSR count). The van der Waals surface area contributed by atoms with Crippen LogP contribution in [0.15, 0.2) is 10.9 Å². The highest BCUT2D eigenvalue weighted by Gasteiger charge is 2.14. The fraction of sp³-hybridized carbons (Fsp3) is 0.625. The number of hydrogen-bond donors (Lipinski definition) is 1. The third-order valence-corrected chi connectivity index (χ3v) is 3.78. The molecule has 0 aromatic carbocycles. The van der Waals surface area contributed by atoms with E-state index in [1.807, 2.05) is 17.3 Å². The van der Waals surface area contributed by atoms with Crippen LogP contribution in [0.5, 0.6) is 0 Å². The van der Waals surface area contributed by atoms with E-state index in [0.29, 0.717) is 0 Å². The van der Waals surface area contributed by atoms with Crippen LogP contribution in [0, 0.1) is 0 Å². The minimum atomic E-state index is 0.719. The van der Waals surface area contributed by atoms with Crippen molar-refractivity contribution in [3.63, 3.8) is 0 Å². The van der Waals surface area contributed by atoms with Crippen molar-refractivity contribution in [2.75, 3.05) is 11.5 Å². The fourth-order valence-corrected chi connectivity index (χ4v) is 3.01. The Morgan fingerprint density at radius 1 is 1.67 bits per heavy atom. The van der Waals surface area contributed by atoms with E-state index in [1.54, 1.807) is 11.3 Å². The van der Waals surface area contributed by atoms with Crippen molar-refractivity contribution < 1.29 is 0 Å². The number of thioether (sulfide) groups is 1. The van der Waals surface area contributed by atoms with Crippen molar-refractivity contribution in [3.05, 3.63) is 16.6 Å². The van der Waals surface area contributed by atoms with Crippen molar-refractivity contribution in [3.8, 4) is 0 Å². The summed E-state index contributed by atoms with van der Waals surface area (Å²) < 4.78 is 0. The maximum absolute atomic E-state index is 4.23. The molecule has 1 saturated heterocycles. The Labute approximate surface area is 80.8 Å². The Balaban J connectivity index is 1.74. The standard InChI is InChI=1S/C8H12N2S2/c1-2-11-4-7(1)9-3-8-5-12-6-10-8/h5-7,9H,1-4H2. The van der Waals surface area contributed by atoms with Gasteiger partial charge in [-0.25, -0.2) is 4.98 Å². The van der Waals surface area contributed by atoms with E-state index < -0.39 is 0 Å². The lowest BCUT2D eigenvalue weighted by molar-refractivity contribution is 0.553. The van der Waals surface area contributed by atoms with Gasteiger partial charge >= 0.3 is 0 Å². The number of nitrogens with zero attached hydrogens (tertiary/aromatic N) is 1. The maximum Gasteiger partial charge on any atom is 0.0795 e. The van der Waals surface area contributed by atoms with Gasteiger partial charge in [0, 0.05) is 23.7 Å². The molecule has 4 heteroatoms. The zero-order chi connectivity index (χ0) is 8.23. The molecular formula is C8H12N2S2. The van der Waals surface area contributed by atoms with Crippen LogP contribution in [-0.2, 0) is 6.54 Å². The van der Waals surface area contributed by atoms with E-state index in [1.165, 1.54) is 23.6 Å². The minimum Gasteiger partial charge on any atom is -0.307 e. The normalized spacial score (nSPS) is 23.2. The van der Waals surface area contributed by atoms with Crippen LogP contribution in [0.3, 0.4) is 0 Å². The summed E-state index contributed by atoms with van der Waals surface area (Å²) in [4.78, 5) is 4.23. The van der Waals surface area contributed by atoms with Crippen LogP contribution in [0.2, 0.25) is 0 Å². The molecule has 12 heavy (non-hydrogen) atoms. The molecule has 1 atom stereocenters. The zero-order valence-electron chi connectivity index (χ0n) is 6.82. The third kappa shape index (κ3) is 2.21. The maximum atomic E-state index is 4.23. The largest absolute Gasteiger partial charge is 0.307 e. The van der Waals surface area contributed by atoms with E-state index in [0.717, 1.165) is 12.6 Å². The molecule has 1 aromatic heterocycles. The molecule has 0 aliphatic carbocycles. The summed E-state index contributed by atoms with van der Waals surface area (Å²) in [7, 11) is 0. The van der Waals surface area contributed by atoms with Crippen LogP contribution in [0.4, 0.5) is 0 Å². The van der Waals surface area contributed by atoms with Gasteiger partial charge in [0.2, 0.25) is 0 Å². The Bertz CT molecular complexity index is 217. The Hall–Kier alpha value is -0.0600. The van der Waals surface area contributed by atoms with Gasteiger partial charge in [0.15, 0.2) is 0 Å². The van der Waals surface area contributed by atoms with Gasteiger partial charge in [0.1, 0.15) is 0 Å². The first kappa shape index (κ1) is 8.53. The lowest BCUT2D eigenvalue weighted by atomic mass is 10.2. The first-order chi connectivity index (χ1) is 5.95. The summed E-state index contributed by atoms with van der Waals surface area (Å²) in [6.07, 6.45) is 1.31. The lowest BCUT2D eigenvalue weighted by Crippen LogP contribution is -2.27. The molecule has 0 spiro atoms. The van der Waals surface area contributed by atoms with Crippen LogP contribution >= 0.6 is 23.1 Å². The van der Waals surface area contributed by atoms with Crippen LogP contribution in [0.1, 0.15) is 12.1 Å². The van der Waals surface area contributed by atoms with E-state index >= 15 is 0 Å². The molecule has 1 aromatic rings. The zero-order valence-corrected chi connectivity index (χ0v) is 8.46. The average molecular weight is 200 g/mol. The van der Waals surface area contributed by atoms with E-state index in [9.17, 15) is 0 Å². The first-order valence-corrected chi connectivity index (χ1v) is 6.23. The first-order valence-electron chi connectivity index (χ1n) is 4.13. The van der Waals surface area contributed by atoms with Crippen molar-refractivity contribution in [2.45, 2.75) is 19.0 Å². The number of nitrogens with one attached hydrogen (secondary N) is 1. The Kier molecular flexibility index (Phi) is 3.03. The van der Waals surface area contributed by atoms with Gasteiger partial charge in [0.05, 0.1) is 11.2 Å². The van der Waals surface area contributed by atoms with Crippen LogP contribution in [0.25, 0.3) is 0 Å². The summed E-state index contributed by atoms with van der Waals surface area (Å²) in [6, 6.07) is 0.719. The smallest absolute Gasteiger partial charge is 0.0795 e. The highest BCUT2D eigenvalue weighted by Crippen LogP contribution is 2.17. The highest BCUT2D eigenvalue weighted by molar-refractivity contribution is 7.99. The van der Waals surface area contributed by atoms with E-state index in [4.69, 9.17) is 0 Å². The van der Waals surface area contributed by atoms with Crippen molar-refractivity contribution in [1.29, 1.82) is 0 Å². The molecule has 1 N–H and O–H groups in total. The van der Waals surface area contributed by atoms with Crippen LogP contribution < -0.4 is 5.32 Å².